The number of ether oxygens (including phenoxy) is 1. The molecule has 0 aliphatic heterocycles. The molecule has 0 spiro atoms. The Morgan fingerprint density at radius 2 is 1.83 bits per heavy atom. The molecule has 1 aromatic carbocycles. The molecule has 0 bridgehead atoms. The highest BCUT2D eigenvalue weighted by Crippen LogP contribution is 2.15. The second-order valence-electron chi connectivity index (χ2n) is 5.14. The third-order valence-electron chi connectivity index (χ3n) is 3.13. The Morgan fingerprint density at radius 3 is 2.46 bits per heavy atom. The van der Waals surface area contributed by atoms with Crippen LogP contribution < -0.4 is 15.4 Å². The van der Waals surface area contributed by atoms with Crippen molar-refractivity contribution in [2.75, 3.05) is 11.9 Å². The molecule has 0 fully saturated rings. The number of carbonyl (C=O) groups is 2. The first-order valence-corrected chi connectivity index (χ1v) is 7.63. The van der Waals surface area contributed by atoms with E-state index < -0.39 is 0 Å². The van der Waals surface area contributed by atoms with E-state index in [1.807, 2.05) is 6.92 Å². The number of amides is 2. The van der Waals surface area contributed by atoms with Crippen LogP contribution in [0.3, 0.4) is 0 Å². The number of benzene rings is 1. The molecule has 0 aliphatic carbocycles. The number of nitrogens with one attached hydrogen (secondary N) is 2. The van der Waals surface area contributed by atoms with E-state index in [9.17, 15) is 9.59 Å². The van der Waals surface area contributed by atoms with Gasteiger partial charge in [-0.15, -0.1) is 0 Å². The lowest BCUT2D eigenvalue weighted by Crippen LogP contribution is -2.28. The van der Waals surface area contributed by atoms with Gasteiger partial charge in [-0.1, -0.05) is 6.92 Å². The van der Waals surface area contributed by atoms with Crippen molar-refractivity contribution in [2.45, 2.75) is 26.8 Å². The van der Waals surface area contributed by atoms with Gasteiger partial charge in [-0.05, 0) is 31.2 Å². The molecule has 2 rings (SSSR count). The van der Waals surface area contributed by atoms with Crippen LogP contribution in [0.15, 0.2) is 36.7 Å². The van der Waals surface area contributed by atoms with Crippen molar-refractivity contribution in [3.05, 3.63) is 48.0 Å². The molecule has 0 saturated carbocycles. The number of aromatic nitrogens is 2. The molecule has 0 aliphatic rings. The van der Waals surface area contributed by atoms with Gasteiger partial charge < -0.3 is 15.4 Å². The number of hydrogen-bond acceptors (Lipinski definition) is 5. The van der Waals surface area contributed by atoms with E-state index in [0.717, 1.165) is 5.69 Å². The molecule has 7 heteroatoms. The van der Waals surface area contributed by atoms with Crippen LogP contribution in [0.5, 0.6) is 5.75 Å². The molecular weight excluding hydrogens is 308 g/mol. The molecule has 24 heavy (non-hydrogen) atoms. The van der Waals surface area contributed by atoms with Gasteiger partial charge in [0.05, 0.1) is 24.1 Å². The Balaban J connectivity index is 1.75. The minimum atomic E-state index is -0.249. The lowest BCUT2D eigenvalue weighted by Gasteiger charge is -2.08. The maximum absolute atomic E-state index is 11.8. The second kappa shape index (κ2) is 8.61. The summed E-state index contributed by atoms with van der Waals surface area (Å²) >= 11 is 0. The van der Waals surface area contributed by atoms with Crippen LogP contribution >= 0.6 is 0 Å². The van der Waals surface area contributed by atoms with Gasteiger partial charge in [0, 0.05) is 18.3 Å². The minimum Gasteiger partial charge on any atom is -0.484 e. The lowest BCUT2D eigenvalue weighted by atomic mass is 10.3. The average molecular weight is 328 g/mol. The van der Waals surface area contributed by atoms with Crippen LogP contribution in [0.1, 0.15) is 24.7 Å². The van der Waals surface area contributed by atoms with Gasteiger partial charge in [-0.25, -0.2) is 0 Å². The van der Waals surface area contributed by atoms with Gasteiger partial charge in [0.15, 0.2) is 6.61 Å². The number of anilines is 1. The molecule has 2 aromatic rings. The van der Waals surface area contributed by atoms with Crippen molar-refractivity contribution in [1.29, 1.82) is 0 Å². The van der Waals surface area contributed by atoms with Crippen molar-refractivity contribution in [1.82, 2.24) is 15.3 Å². The lowest BCUT2D eigenvalue weighted by molar-refractivity contribution is -0.123. The summed E-state index contributed by atoms with van der Waals surface area (Å²) in [5.41, 5.74) is 2.20. The largest absolute Gasteiger partial charge is 0.484 e. The standard InChI is InChI=1S/C17H20N4O3/c1-3-16(22)21-13-4-6-15(7-5-13)24-11-17(23)20-10-14-9-18-12(2)8-19-14/h4-9H,3,10-11H2,1-2H3,(H,20,23)(H,21,22). The van der Waals surface area contributed by atoms with Gasteiger partial charge >= 0.3 is 0 Å². The fourth-order valence-corrected chi connectivity index (χ4v) is 1.78. The summed E-state index contributed by atoms with van der Waals surface area (Å²) in [5.74, 6) is 0.248. The molecule has 7 nitrogen and oxygen atoms in total. The summed E-state index contributed by atoms with van der Waals surface area (Å²) in [6, 6.07) is 6.85. The molecular formula is C17H20N4O3. The molecule has 0 atom stereocenters. The predicted octanol–water partition coefficient (Wildman–Crippen LogP) is 1.83. The normalized spacial score (nSPS) is 10.1. The van der Waals surface area contributed by atoms with Crippen molar-refractivity contribution in [3.8, 4) is 5.75 Å². The highest BCUT2D eigenvalue weighted by Gasteiger charge is 2.04. The van der Waals surface area contributed by atoms with Crippen molar-refractivity contribution in [3.63, 3.8) is 0 Å². The van der Waals surface area contributed by atoms with E-state index in [0.29, 0.717) is 30.1 Å². The van der Waals surface area contributed by atoms with Gasteiger partial charge in [0.2, 0.25) is 5.91 Å². The Morgan fingerprint density at radius 1 is 1.08 bits per heavy atom. The topological polar surface area (TPSA) is 93.2 Å². The monoisotopic (exact) mass is 328 g/mol. The van der Waals surface area contributed by atoms with Crippen LogP contribution in [0, 0.1) is 6.92 Å². The SMILES string of the molecule is CCC(=O)Nc1ccc(OCC(=O)NCc2cnc(C)cn2)cc1. The molecule has 0 saturated heterocycles. The fourth-order valence-electron chi connectivity index (χ4n) is 1.78. The first-order valence-electron chi connectivity index (χ1n) is 7.63. The first-order chi connectivity index (χ1) is 11.6. The van der Waals surface area contributed by atoms with Crippen LogP contribution in [0.25, 0.3) is 0 Å². The van der Waals surface area contributed by atoms with Crippen LogP contribution in [0.4, 0.5) is 5.69 Å². The summed E-state index contributed by atoms with van der Waals surface area (Å²) < 4.78 is 5.40. The predicted molar refractivity (Wildman–Crippen MR) is 89.5 cm³/mol. The molecule has 126 valence electrons. The Hall–Kier alpha value is -2.96. The molecule has 1 aromatic heterocycles. The fraction of sp³-hybridized carbons (Fsp3) is 0.294. The summed E-state index contributed by atoms with van der Waals surface area (Å²) in [5, 5.41) is 5.45. The Kier molecular flexibility index (Phi) is 6.24. The van der Waals surface area contributed by atoms with E-state index in [4.69, 9.17) is 4.74 Å². The summed E-state index contributed by atoms with van der Waals surface area (Å²) in [6.45, 7) is 3.84. The Labute approximate surface area is 140 Å². The van der Waals surface area contributed by atoms with Crippen LogP contribution in [-0.2, 0) is 16.1 Å². The summed E-state index contributed by atoms with van der Waals surface area (Å²) in [4.78, 5) is 31.3. The van der Waals surface area contributed by atoms with E-state index >= 15 is 0 Å². The molecule has 2 N–H and O–H groups in total. The molecule has 0 radical (unpaired) electrons. The van der Waals surface area contributed by atoms with E-state index in [1.165, 1.54) is 0 Å². The zero-order valence-corrected chi connectivity index (χ0v) is 13.7. The highest BCUT2D eigenvalue weighted by atomic mass is 16.5. The first kappa shape index (κ1) is 17.4. The van der Waals surface area contributed by atoms with E-state index in [1.54, 1.807) is 43.6 Å². The van der Waals surface area contributed by atoms with Crippen LogP contribution in [0.2, 0.25) is 0 Å². The minimum absolute atomic E-state index is 0.0535. The number of hydrogen-bond donors (Lipinski definition) is 2. The van der Waals surface area contributed by atoms with Gasteiger partial charge in [0.1, 0.15) is 5.75 Å². The van der Waals surface area contributed by atoms with Crippen LogP contribution in [-0.4, -0.2) is 28.4 Å². The second-order valence-corrected chi connectivity index (χ2v) is 5.14. The number of aryl methyl sites for hydroxylation is 1. The van der Waals surface area contributed by atoms with E-state index in [-0.39, 0.29) is 18.4 Å². The van der Waals surface area contributed by atoms with Gasteiger partial charge in [-0.3, -0.25) is 19.6 Å². The average Bonchev–Trinajstić information content (AvgIpc) is 2.60. The summed E-state index contributed by atoms with van der Waals surface area (Å²) in [6.07, 6.45) is 3.69. The maximum Gasteiger partial charge on any atom is 0.258 e. The third-order valence-corrected chi connectivity index (χ3v) is 3.13. The molecule has 1 heterocycles. The molecule has 2 amide bonds. The quantitative estimate of drug-likeness (QED) is 0.809. The number of carbonyl (C=O) groups excluding carboxylic acids is 2. The maximum atomic E-state index is 11.8. The Bertz CT molecular complexity index is 684. The number of nitrogens with zero attached hydrogens (tertiary/aromatic N) is 2. The number of rotatable bonds is 7. The highest BCUT2D eigenvalue weighted by molar-refractivity contribution is 5.90. The zero-order chi connectivity index (χ0) is 17.4. The van der Waals surface area contributed by atoms with Crippen molar-refractivity contribution in [2.24, 2.45) is 0 Å². The zero-order valence-electron chi connectivity index (χ0n) is 13.7. The molecule has 0 unspecified atom stereocenters. The third kappa shape index (κ3) is 5.68. The van der Waals surface area contributed by atoms with Crippen molar-refractivity contribution < 1.29 is 14.3 Å². The van der Waals surface area contributed by atoms with Gasteiger partial charge in [-0.2, -0.15) is 0 Å². The summed E-state index contributed by atoms with van der Waals surface area (Å²) in [7, 11) is 0. The van der Waals surface area contributed by atoms with E-state index in [2.05, 4.69) is 20.6 Å². The van der Waals surface area contributed by atoms with Crippen molar-refractivity contribution >= 4 is 17.5 Å². The van der Waals surface area contributed by atoms with Gasteiger partial charge in [0.25, 0.3) is 5.91 Å². The smallest absolute Gasteiger partial charge is 0.258 e.